The van der Waals surface area contributed by atoms with Gasteiger partial charge in [0.15, 0.2) is 5.96 Å². The molecule has 2 aliphatic rings. The summed E-state index contributed by atoms with van der Waals surface area (Å²) in [5, 5.41) is 6.50. The van der Waals surface area contributed by atoms with E-state index < -0.39 is 11.6 Å². The lowest BCUT2D eigenvalue weighted by molar-refractivity contribution is -0.127. The Labute approximate surface area is 170 Å². The number of likely N-dealkylation sites (N-methyl/N-ethyl adjacent to an activating group) is 1. The van der Waals surface area contributed by atoms with E-state index in [4.69, 9.17) is 4.74 Å². The number of guanidine groups is 1. The highest BCUT2D eigenvalue weighted by atomic mass is 19.1. The molecular formula is C21H30F2N4O2. The maximum atomic E-state index is 14.3. The molecule has 1 saturated heterocycles. The highest BCUT2D eigenvalue weighted by Crippen LogP contribution is 2.48. The van der Waals surface area contributed by atoms with Gasteiger partial charge in [-0.1, -0.05) is 6.07 Å². The molecule has 1 saturated carbocycles. The smallest absolute Gasteiger partial charge is 0.243 e. The summed E-state index contributed by atoms with van der Waals surface area (Å²) in [5.74, 6) is -0.698. The molecule has 1 aliphatic heterocycles. The number of amides is 1. The first kappa shape index (κ1) is 21.5. The molecule has 1 aromatic carbocycles. The number of hydrogen-bond donors (Lipinski definition) is 2. The number of nitrogens with zero attached hydrogens (tertiary/aromatic N) is 2. The zero-order chi connectivity index (χ0) is 20.9. The Hall–Kier alpha value is -2.22. The molecule has 8 heteroatoms. The number of nitrogens with one attached hydrogen (secondary N) is 2. The van der Waals surface area contributed by atoms with Crippen LogP contribution in [0.2, 0.25) is 0 Å². The quantitative estimate of drug-likeness (QED) is 0.536. The van der Waals surface area contributed by atoms with E-state index in [1.165, 1.54) is 17.0 Å². The Morgan fingerprint density at radius 3 is 2.69 bits per heavy atom. The van der Waals surface area contributed by atoms with Gasteiger partial charge in [0.1, 0.15) is 18.2 Å². The number of hydrogen-bond acceptors (Lipinski definition) is 3. The largest absolute Gasteiger partial charge is 0.376 e. The van der Waals surface area contributed by atoms with Crippen LogP contribution in [0.25, 0.3) is 0 Å². The minimum atomic E-state index is -0.575. The van der Waals surface area contributed by atoms with Crippen LogP contribution in [0.3, 0.4) is 0 Å². The van der Waals surface area contributed by atoms with Gasteiger partial charge in [0.2, 0.25) is 5.91 Å². The van der Waals surface area contributed by atoms with E-state index in [-0.39, 0.29) is 24.0 Å². The number of ether oxygens (including phenoxy) is 1. The summed E-state index contributed by atoms with van der Waals surface area (Å²) >= 11 is 0. The van der Waals surface area contributed by atoms with E-state index >= 15 is 0 Å². The fourth-order valence-electron chi connectivity index (χ4n) is 3.51. The molecule has 0 radical (unpaired) electrons. The van der Waals surface area contributed by atoms with E-state index in [1.54, 1.807) is 14.1 Å². The van der Waals surface area contributed by atoms with Crippen molar-refractivity contribution in [1.29, 1.82) is 0 Å². The van der Waals surface area contributed by atoms with Gasteiger partial charge in [0, 0.05) is 45.3 Å². The predicted octanol–water partition coefficient (Wildman–Crippen LogP) is 2.19. The van der Waals surface area contributed by atoms with E-state index in [0.717, 1.165) is 44.8 Å². The first-order valence-corrected chi connectivity index (χ1v) is 10.2. The van der Waals surface area contributed by atoms with Crippen LogP contribution in [0.1, 0.15) is 37.7 Å². The topological polar surface area (TPSA) is 66.0 Å². The summed E-state index contributed by atoms with van der Waals surface area (Å²) in [4.78, 5) is 17.8. The van der Waals surface area contributed by atoms with Gasteiger partial charge in [-0.3, -0.25) is 4.79 Å². The van der Waals surface area contributed by atoms with Crippen LogP contribution in [-0.4, -0.2) is 63.2 Å². The molecule has 29 heavy (non-hydrogen) atoms. The first-order valence-electron chi connectivity index (χ1n) is 10.2. The third-order valence-electron chi connectivity index (χ3n) is 5.59. The summed E-state index contributed by atoms with van der Waals surface area (Å²) in [5.41, 5.74) is 0.151. The lowest BCUT2D eigenvalue weighted by Gasteiger charge is -2.25. The third-order valence-corrected chi connectivity index (χ3v) is 5.59. The Bertz CT molecular complexity index is 744. The first-order chi connectivity index (χ1) is 13.9. The zero-order valence-corrected chi connectivity index (χ0v) is 17.1. The van der Waals surface area contributed by atoms with E-state index in [9.17, 15) is 13.6 Å². The highest BCUT2D eigenvalue weighted by Gasteiger charge is 2.46. The fourth-order valence-corrected chi connectivity index (χ4v) is 3.51. The number of carbonyl (C=O) groups excluding carboxylic acids is 1. The van der Waals surface area contributed by atoms with Crippen LogP contribution in [0.4, 0.5) is 8.78 Å². The van der Waals surface area contributed by atoms with Crippen molar-refractivity contribution in [3.63, 3.8) is 0 Å². The molecule has 1 amide bonds. The van der Waals surface area contributed by atoms with Gasteiger partial charge in [-0.15, -0.1) is 0 Å². The highest BCUT2D eigenvalue weighted by molar-refractivity contribution is 5.84. The summed E-state index contributed by atoms with van der Waals surface area (Å²) in [6.45, 7) is 1.84. The lowest BCUT2D eigenvalue weighted by Crippen LogP contribution is -2.45. The van der Waals surface area contributed by atoms with Crippen LogP contribution in [0.15, 0.2) is 23.2 Å². The number of halogens is 2. The van der Waals surface area contributed by atoms with Crippen LogP contribution < -0.4 is 10.6 Å². The number of carbonyl (C=O) groups is 1. The second-order valence-electron chi connectivity index (χ2n) is 8.08. The van der Waals surface area contributed by atoms with Crippen LogP contribution in [0.5, 0.6) is 0 Å². The van der Waals surface area contributed by atoms with Crippen molar-refractivity contribution >= 4 is 11.9 Å². The predicted molar refractivity (Wildman–Crippen MR) is 108 cm³/mol. The van der Waals surface area contributed by atoms with Crippen molar-refractivity contribution in [1.82, 2.24) is 15.5 Å². The van der Waals surface area contributed by atoms with Crippen molar-refractivity contribution in [2.24, 2.45) is 4.99 Å². The Morgan fingerprint density at radius 2 is 2.07 bits per heavy atom. The summed E-state index contributed by atoms with van der Waals surface area (Å²) in [6.07, 6.45) is 4.96. The summed E-state index contributed by atoms with van der Waals surface area (Å²) in [6, 6.07) is 3.75. The second-order valence-corrected chi connectivity index (χ2v) is 8.08. The van der Waals surface area contributed by atoms with Gasteiger partial charge in [-0.05, 0) is 43.7 Å². The third kappa shape index (κ3) is 5.88. The molecule has 2 N–H and O–H groups in total. The van der Waals surface area contributed by atoms with Crippen molar-refractivity contribution in [3.05, 3.63) is 35.4 Å². The van der Waals surface area contributed by atoms with Gasteiger partial charge in [0.25, 0.3) is 0 Å². The van der Waals surface area contributed by atoms with E-state index in [2.05, 4.69) is 15.6 Å². The number of benzene rings is 1. The monoisotopic (exact) mass is 408 g/mol. The molecule has 1 aromatic rings. The van der Waals surface area contributed by atoms with Gasteiger partial charge in [-0.25, -0.2) is 13.8 Å². The standard InChI is InChI=1S/C21H30F2N4O2/c1-27(2)19(28)13-25-20(24-12-16-5-3-4-10-29-16)26-14-21(8-9-21)17-7-6-15(22)11-18(17)23/h6-7,11,16H,3-5,8-10,12-14H2,1-2H3,(H2,24,25,26). The van der Waals surface area contributed by atoms with Gasteiger partial charge in [-0.2, -0.15) is 0 Å². The molecule has 0 spiro atoms. The SMILES string of the molecule is CN(C)C(=O)CN=C(NCC1CCCCO1)NCC1(c2ccc(F)cc2F)CC1. The Balaban J connectivity index is 1.63. The second kappa shape index (κ2) is 9.52. The fraction of sp³-hybridized carbons (Fsp3) is 0.619. The molecule has 3 rings (SSSR count). The molecule has 1 aliphatic carbocycles. The number of aliphatic imine (C=N–C) groups is 1. The molecule has 6 nitrogen and oxygen atoms in total. The van der Waals surface area contributed by atoms with Crippen molar-refractivity contribution < 1.29 is 18.3 Å². The van der Waals surface area contributed by atoms with Crippen molar-refractivity contribution in [2.45, 2.75) is 43.6 Å². The molecule has 1 atom stereocenters. The molecule has 0 bridgehead atoms. The van der Waals surface area contributed by atoms with Gasteiger partial charge in [0.05, 0.1) is 6.10 Å². The average Bonchev–Trinajstić information content (AvgIpc) is 3.48. The molecule has 160 valence electrons. The average molecular weight is 408 g/mol. The maximum absolute atomic E-state index is 14.3. The van der Waals surface area contributed by atoms with Crippen LogP contribution in [-0.2, 0) is 14.9 Å². The summed E-state index contributed by atoms with van der Waals surface area (Å²) < 4.78 is 33.3. The van der Waals surface area contributed by atoms with Crippen molar-refractivity contribution in [3.8, 4) is 0 Å². The maximum Gasteiger partial charge on any atom is 0.243 e. The molecule has 0 aromatic heterocycles. The van der Waals surface area contributed by atoms with E-state index in [1.807, 2.05) is 0 Å². The van der Waals surface area contributed by atoms with Gasteiger partial charge < -0.3 is 20.3 Å². The van der Waals surface area contributed by atoms with Crippen LogP contribution >= 0.6 is 0 Å². The molecule has 2 fully saturated rings. The van der Waals surface area contributed by atoms with Gasteiger partial charge >= 0.3 is 0 Å². The molecule has 1 unspecified atom stereocenters. The normalized spacial score (nSPS) is 20.8. The number of rotatable bonds is 7. The molecular weight excluding hydrogens is 378 g/mol. The van der Waals surface area contributed by atoms with E-state index in [0.29, 0.717) is 24.6 Å². The minimum absolute atomic E-state index is 0.0196. The Morgan fingerprint density at radius 1 is 1.28 bits per heavy atom. The van der Waals surface area contributed by atoms with Crippen LogP contribution in [0, 0.1) is 11.6 Å². The van der Waals surface area contributed by atoms with Crippen molar-refractivity contribution in [2.75, 3.05) is 40.3 Å². The summed E-state index contributed by atoms with van der Waals surface area (Å²) in [7, 11) is 3.37. The molecule has 1 heterocycles. The Kier molecular flexibility index (Phi) is 7.05. The minimum Gasteiger partial charge on any atom is -0.376 e. The zero-order valence-electron chi connectivity index (χ0n) is 17.1. The lowest BCUT2D eigenvalue weighted by atomic mass is 9.95.